The van der Waals surface area contributed by atoms with Gasteiger partial charge in [0.15, 0.2) is 5.78 Å². The zero-order chi connectivity index (χ0) is 13.1. The quantitative estimate of drug-likeness (QED) is 0.767. The highest BCUT2D eigenvalue weighted by molar-refractivity contribution is 9.10. The summed E-state index contributed by atoms with van der Waals surface area (Å²) in [5, 5.41) is 0. The van der Waals surface area contributed by atoms with Crippen molar-refractivity contribution in [2.75, 3.05) is 11.4 Å². The molecule has 0 spiro atoms. The van der Waals surface area contributed by atoms with E-state index in [1.54, 1.807) is 6.92 Å². The summed E-state index contributed by atoms with van der Waals surface area (Å²) in [5.74, 6) is 0.117. The average molecular weight is 310 g/mol. The number of nitrogens with zero attached hydrogens (tertiary/aromatic N) is 1. The lowest BCUT2D eigenvalue weighted by molar-refractivity contribution is 0.101. The van der Waals surface area contributed by atoms with Crippen LogP contribution < -0.4 is 4.90 Å². The van der Waals surface area contributed by atoms with Gasteiger partial charge in [-0.05, 0) is 60.8 Å². The number of carbonyl (C=O) groups excluding carboxylic acids is 1. The molecule has 18 heavy (non-hydrogen) atoms. The normalized spacial score (nSPS) is 15.9. The summed E-state index contributed by atoms with van der Waals surface area (Å²) in [6.07, 6.45) is 5.25. The van der Waals surface area contributed by atoms with Crippen LogP contribution in [-0.4, -0.2) is 18.4 Å². The van der Waals surface area contributed by atoms with Crippen molar-refractivity contribution in [1.29, 1.82) is 0 Å². The largest absolute Gasteiger partial charge is 0.368 e. The highest BCUT2D eigenvalue weighted by atomic mass is 79.9. The predicted octanol–water partition coefficient (Wildman–Crippen LogP) is 4.42. The van der Waals surface area contributed by atoms with Gasteiger partial charge < -0.3 is 4.90 Å². The summed E-state index contributed by atoms with van der Waals surface area (Å²) in [4.78, 5) is 13.8. The van der Waals surface area contributed by atoms with Crippen molar-refractivity contribution < 1.29 is 4.79 Å². The number of anilines is 1. The third-order valence-electron chi connectivity index (χ3n) is 3.77. The maximum absolute atomic E-state index is 11.4. The van der Waals surface area contributed by atoms with E-state index in [1.165, 1.54) is 31.4 Å². The number of carbonyl (C=O) groups is 1. The number of rotatable bonds is 4. The van der Waals surface area contributed by atoms with Crippen LogP contribution in [0.4, 0.5) is 5.69 Å². The number of hydrogen-bond acceptors (Lipinski definition) is 2. The van der Waals surface area contributed by atoms with E-state index in [0.717, 1.165) is 16.6 Å². The number of benzene rings is 1. The highest BCUT2D eigenvalue weighted by Gasteiger charge is 2.23. The van der Waals surface area contributed by atoms with Crippen LogP contribution in [0.3, 0.4) is 0 Å². The Morgan fingerprint density at radius 3 is 2.56 bits per heavy atom. The van der Waals surface area contributed by atoms with E-state index in [-0.39, 0.29) is 5.78 Å². The molecule has 0 N–H and O–H groups in total. The molecule has 0 unspecified atom stereocenters. The maximum Gasteiger partial charge on any atom is 0.159 e. The van der Waals surface area contributed by atoms with E-state index in [2.05, 4.69) is 33.8 Å². The number of ketones is 1. The Hall–Kier alpha value is -0.830. The SMILES string of the molecule is CCN(c1ccc(C(C)=O)cc1Br)C1CCCC1. The minimum atomic E-state index is 0.117. The van der Waals surface area contributed by atoms with Gasteiger partial charge in [-0.25, -0.2) is 0 Å². The van der Waals surface area contributed by atoms with E-state index < -0.39 is 0 Å². The molecule has 3 heteroatoms. The smallest absolute Gasteiger partial charge is 0.159 e. The van der Waals surface area contributed by atoms with Gasteiger partial charge in [0.1, 0.15) is 0 Å². The average Bonchev–Trinajstić information content (AvgIpc) is 2.85. The molecule has 1 fully saturated rings. The minimum absolute atomic E-state index is 0.117. The van der Waals surface area contributed by atoms with Crippen molar-refractivity contribution in [3.05, 3.63) is 28.2 Å². The summed E-state index contributed by atoms with van der Waals surface area (Å²) in [6, 6.07) is 6.60. The van der Waals surface area contributed by atoms with Gasteiger partial charge in [-0.15, -0.1) is 0 Å². The van der Waals surface area contributed by atoms with Gasteiger partial charge in [-0.3, -0.25) is 4.79 Å². The first-order valence-corrected chi connectivity index (χ1v) is 7.50. The van der Waals surface area contributed by atoms with Crippen LogP contribution in [0.2, 0.25) is 0 Å². The van der Waals surface area contributed by atoms with Crippen LogP contribution in [0.15, 0.2) is 22.7 Å². The third kappa shape index (κ3) is 2.77. The fourth-order valence-electron chi connectivity index (χ4n) is 2.80. The second-order valence-electron chi connectivity index (χ2n) is 4.95. The van der Waals surface area contributed by atoms with Crippen molar-refractivity contribution in [2.45, 2.75) is 45.6 Å². The Morgan fingerprint density at radius 1 is 1.39 bits per heavy atom. The first kappa shape index (κ1) is 13.6. The summed E-state index contributed by atoms with van der Waals surface area (Å²) in [6.45, 7) is 4.82. The number of hydrogen-bond donors (Lipinski definition) is 0. The summed E-state index contributed by atoms with van der Waals surface area (Å²) < 4.78 is 1.03. The molecule has 0 aliphatic heterocycles. The molecule has 98 valence electrons. The predicted molar refractivity (Wildman–Crippen MR) is 79.4 cm³/mol. The zero-order valence-electron chi connectivity index (χ0n) is 11.1. The molecule has 0 aromatic heterocycles. The summed E-state index contributed by atoms with van der Waals surface area (Å²) >= 11 is 3.61. The fourth-order valence-corrected chi connectivity index (χ4v) is 3.41. The van der Waals surface area contributed by atoms with Gasteiger partial charge in [0.25, 0.3) is 0 Å². The molecule has 0 amide bonds. The molecule has 1 aliphatic carbocycles. The van der Waals surface area contributed by atoms with Gasteiger partial charge in [0.2, 0.25) is 0 Å². The van der Waals surface area contributed by atoms with Gasteiger partial charge in [-0.2, -0.15) is 0 Å². The van der Waals surface area contributed by atoms with E-state index in [1.807, 2.05) is 12.1 Å². The van der Waals surface area contributed by atoms with E-state index in [9.17, 15) is 4.79 Å². The number of Topliss-reactive ketones (excluding diaryl/α,β-unsaturated/α-hetero) is 1. The summed E-state index contributed by atoms with van der Waals surface area (Å²) in [5.41, 5.74) is 1.99. The third-order valence-corrected chi connectivity index (χ3v) is 4.40. The molecule has 1 aromatic rings. The molecule has 0 bridgehead atoms. The monoisotopic (exact) mass is 309 g/mol. The van der Waals surface area contributed by atoms with Crippen LogP contribution in [-0.2, 0) is 0 Å². The van der Waals surface area contributed by atoms with E-state index in [4.69, 9.17) is 0 Å². The Bertz CT molecular complexity index is 438. The van der Waals surface area contributed by atoms with Crippen molar-refractivity contribution >= 4 is 27.4 Å². The Balaban J connectivity index is 2.27. The van der Waals surface area contributed by atoms with Crippen LogP contribution in [0.25, 0.3) is 0 Å². The van der Waals surface area contributed by atoms with Crippen LogP contribution in [0.5, 0.6) is 0 Å². The molecule has 0 heterocycles. The second kappa shape index (κ2) is 5.87. The van der Waals surface area contributed by atoms with Gasteiger partial charge in [-0.1, -0.05) is 12.8 Å². The Labute approximate surface area is 117 Å². The van der Waals surface area contributed by atoms with E-state index >= 15 is 0 Å². The summed E-state index contributed by atoms with van der Waals surface area (Å²) in [7, 11) is 0. The van der Waals surface area contributed by atoms with Gasteiger partial charge in [0.05, 0.1) is 5.69 Å². The molecule has 0 radical (unpaired) electrons. The van der Waals surface area contributed by atoms with Crippen LogP contribution in [0.1, 0.15) is 49.9 Å². The topological polar surface area (TPSA) is 20.3 Å². The first-order valence-electron chi connectivity index (χ1n) is 6.70. The van der Waals surface area contributed by atoms with Crippen molar-refractivity contribution in [1.82, 2.24) is 0 Å². The lowest BCUT2D eigenvalue weighted by Crippen LogP contribution is -2.33. The molecular weight excluding hydrogens is 290 g/mol. The molecule has 1 aliphatic rings. The molecule has 2 rings (SSSR count). The van der Waals surface area contributed by atoms with E-state index in [0.29, 0.717) is 6.04 Å². The maximum atomic E-state index is 11.4. The standard InChI is InChI=1S/C15H20BrNO/c1-3-17(13-6-4-5-7-13)15-9-8-12(11(2)18)10-14(15)16/h8-10,13H,3-7H2,1-2H3. The zero-order valence-corrected chi connectivity index (χ0v) is 12.7. The van der Waals surface area contributed by atoms with Gasteiger partial charge in [0, 0.05) is 22.6 Å². The molecule has 1 saturated carbocycles. The van der Waals surface area contributed by atoms with Gasteiger partial charge >= 0.3 is 0 Å². The van der Waals surface area contributed by atoms with Crippen molar-refractivity contribution in [3.8, 4) is 0 Å². The van der Waals surface area contributed by atoms with Crippen LogP contribution >= 0.6 is 15.9 Å². The molecule has 1 aromatic carbocycles. The lowest BCUT2D eigenvalue weighted by atomic mass is 10.1. The fraction of sp³-hybridized carbons (Fsp3) is 0.533. The molecule has 0 saturated heterocycles. The molecular formula is C15H20BrNO. The molecule has 2 nitrogen and oxygen atoms in total. The lowest BCUT2D eigenvalue weighted by Gasteiger charge is -2.31. The Kier molecular flexibility index (Phi) is 4.44. The first-order chi connectivity index (χ1) is 8.63. The second-order valence-corrected chi connectivity index (χ2v) is 5.80. The van der Waals surface area contributed by atoms with Crippen LogP contribution in [0, 0.1) is 0 Å². The highest BCUT2D eigenvalue weighted by Crippen LogP contribution is 2.33. The molecule has 0 atom stereocenters. The van der Waals surface area contributed by atoms with Crippen molar-refractivity contribution in [3.63, 3.8) is 0 Å². The minimum Gasteiger partial charge on any atom is -0.368 e. The van der Waals surface area contributed by atoms with Crippen molar-refractivity contribution in [2.24, 2.45) is 0 Å². The number of halogens is 1. The Morgan fingerprint density at radius 2 is 2.06 bits per heavy atom.